The summed E-state index contributed by atoms with van der Waals surface area (Å²) in [7, 11) is 0. The van der Waals surface area contributed by atoms with Crippen LogP contribution >= 0.6 is 23.1 Å². The minimum Gasteiger partial charge on any atom is -0.309 e. The van der Waals surface area contributed by atoms with Gasteiger partial charge in [-0.3, -0.25) is 0 Å². The fourth-order valence-corrected chi connectivity index (χ4v) is 3.42. The molecule has 0 saturated heterocycles. The molecule has 0 spiro atoms. The van der Waals surface area contributed by atoms with Gasteiger partial charge in [-0.25, -0.2) is 4.98 Å². The van der Waals surface area contributed by atoms with Crippen LogP contribution < -0.4 is 5.32 Å². The molecule has 0 fully saturated rings. The van der Waals surface area contributed by atoms with E-state index in [1.807, 2.05) is 17.3 Å². The van der Waals surface area contributed by atoms with Crippen molar-refractivity contribution < 1.29 is 0 Å². The molecule has 0 radical (unpaired) electrons. The predicted octanol–water partition coefficient (Wildman–Crippen LogP) is 3.89. The maximum absolute atomic E-state index is 4.29. The Hall–Kier alpha value is -0.840. The average Bonchev–Trinajstić information content (AvgIpc) is 2.82. The summed E-state index contributed by atoms with van der Waals surface area (Å²) >= 11 is 3.62. The second kappa shape index (κ2) is 6.92. The van der Waals surface area contributed by atoms with Crippen LogP contribution in [0.2, 0.25) is 0 Å². The third kappa shape index (κ3) is 3.83. The van der Waals surface area contributed by atoms with Crippen LogP contribution in [0, 0.1) is 6.92 Å². The molecule has 1 aromatic heterocycles. The highest BCUT2D eigenvalue weighted by Gasteiger charge is 2.09. The second-order valence-electron chi connectivity index (χ2n) is 4.14. The molecule has 2 nitrogen and oxygen atoms in total. The summed E-state index contributed by atoms with van der Waals surface area (Å²) < 4.78 is 0. The number of hydrogen-bond acceptors (Lipinski definition) is 4. The van der Waals surface area contributed by atoms with Crippen molar-refractivity contribution in [3.05, 3.63) is 46.4 Å². The molecule has 0 aliphatic rings. The lowest BCUT2D eigenvalue weighted by Gasteiger charge is -2.12. The van der Waals surface area contributed by atoms with Gasteiger partial charge >= 0.3 is 0 Å². The molecule has 96 valence electrons. The van der Waals surface area contributed by atoms with E-state index in [-0.39, 0.29) is 0 Å². The molecule has 2 aromatic rings. The SMILES string of the molecule is Cc1ncsc1C(C)NCCSc1ccccc1. The molecule has 1 aromatic carbocycles. The number of thiazole rings is 1. The summed E-state index contributed by atoms with van der Waals surface area (Å²) in [5.41, 5.74) is 3.07. The summed E-state index contributed by atoms with van der Waals surface area (Å²) in [6.07, 6.45) is 0. The highest BCUT2D eigenvalue weighted by atomic mass is 32.2. The van der Waals surface area contributed by atoms with Gasteiger partial charge in [0.2, 0.25) is 0 Å². The zero-order valence-corrected chi connectivity index (χ0v) is 12.4. The van der Waals surface area contributed by atoms with Crippen LogP contribution in [-0.4, -0.2) is 17.3 Å². The summed E-state index contributed by atoms with van der Waals surface area (Å²) in [5.74, 6) is 1.09. The summed E-state index contributed by atoms with van der Waals surface area (Å²) in [6, 6.07) is 10.9. The van der Waals surface area contributed by atoms with Gasteiger partial charge in [-0.1, -0.05) is 18.2 Å². The first-order chi connectivity index (χ1) is 8.77. The van der Waals surface area contributed by atoms with E-state index in [4.69, 9.17) is 0 Å². The third-order valence-corrected chi connectivity index (χ3v) is 4.87. The van der Waals surface area contributed by atoms with Gasteiger partial charge in [-0.15, -0.1) is 23.1 Å². The molecule has 1 heterocycles. The number of benzene rings is 1. The number of rotatable bonds is 6. The van der Waals surface area contributed by atoms with Gasteiger partial charge in [-0.05, 0) is 26.0 Å². The summed E-state index contributed by atoms with van der Waals surface area (Å²) in [5, 5.41) is 3.55. The highest BCUT2D eigenvalue weighted by molar-refractivity contribution is 7.99. The maximum atomic E-state index is 4.29. The molecular weight excluding hydrogens is 260 g/mol. The van der Waals surface area contributed by atoms with E-state index < -0.39 is 0 Å². The molecule has 1 atom stereocenters. The van der Waals surface area contributed by atoms with Crippen molar-refractivity contribution in [2.45, 2.75) is 24.8 Å². The van der Waals surface area contributed by atoms with Crippen molar-refractivity contribution in [2.75, 3.05) is 12.3 Å². The van der Waals surface area contributed by atoms with Gasteiger partial charge in [-0.2, -0.15) is 0 Å². The molecule has 0 bridgehead atoms. The zero-order valence-electron chi connectivity index (χ0n) is 10.7. The van der Waals surface area contributed by atoms with Gasteiger partial charge in [0.25, 0.3) is 0 Å². The number of aromatic nitrogens is 1. The Balaban J connectivity index is 1.71. The lowest BCUT2D eigenvalue weighted by molar-refractivity contribution is 0.606. The van der Waals surface area contributed by atoms with Crippen molar-refractivity contribution in [1.82, 2.24) is 10.3 Å². The Morgan fingerprint density at radius 1 is 1.33 bits per heavy atom. The van der Waals surface area contributed by atoms with Crippen LogP contribution in [0.15, 0.2) is 40.7 Å². The van der Waals surface area contributed by atoms with Crippen LogP contribution in [0.3, 0.4) is 0 Å². The van der Waals surface area contributed by atoms with E-state index in [1.54, 1.807) is 11.3 Å². The van der Waals surface area contributed by atoms with Crippen LogP contribution in [0.5, 0.6) is 0 Å². The molecule has 0 aliphatic carbocycles. The number of thioether (sulfide) groups is 1. The number of hydrogen-bond donors (Lipinski definition) is 1. The van der Waals surface area contributed by atoms with Crippen molar-refractivity contribution in [2.24, 2.45) is 0 Å². The van der Waals surface area contributed by atoms with E-state index in [9.17, 15) is 0 Å². The normalized spacial score (nSPS) is 12.6. The monoisotopic (exact) mass is 278 g/mol. The van der Waals surface area contributed by atoms with Crippen LogP contribution in [0.4, 0.5) is 0 Å². The van der Waals surface area contributed by atoms with E-state index in [0.29, 0.717) is 6.04 Å². The lowest BCUT2D eigenvalue weighted by atomic mass is 10.2. The topological polar surface area (TPSA) is 24.9 Å². The Kier molecular flexibility index (Phi) is 5.23. The first-order valence-electron chi connectivity index (χ1n) is 6.08. The molecule has 1 N–H and O–H groups in total. The van der Waals surface area contributed by atoms with Crippen molar-refractivity contribution in [3.8, 4) is 0 Å². The minimum absolute atomic E-state index is 0.397. The standard InChI is InChI=1S/C14H18N2S2/c1-11(14-12(2)16-10-18-14)15-8-9-17-13-6-4-3-5-7-13/h3-7,10-11,15H,8-9H2,1-2H3. The highest BCUT2D eigenvalue weighted by Crippen LogP contribution is 2.21. The molecule has 0 aliphatic heterocycles. The zero-order chi connectivity index (χ0) is 12.8. The first kappa shape index (κ1) is 13.6. The van der Waals surface area contributed by atoms with Gasteiger partial charge in [0.15, 0.2) is 0 Å². The van der Waals surface area contributed by atoms with Crippen LogP contribution in [0.25, 0.3) is 0 Å². The molecule has 2 rings (SSSR count). The molecule has 1 unspecified atom stereocenters. The van der Waals surface area contributed by atoms with E-state index in [0.717, 1.165) is 18.0 Å². The van der Waals surface area contributed by atoms with E-state index >= 15 is 0 Å². The van der Waals surface area contributed by atoms with Crippen molar-refractivity contribution in [1.29, 1.82) is 0 Å². The molecule has 4 heteroatoms. The fourth-order valence-electron chi connectivity index (χ4n) is 1.78. The number of nitrogens with zero attached hydrogens (tertiary/aromatic N) is 1. The third-order valence-electron chi connectivity index (χ3n) is 2.74. The maximum Gasteiger partial charge on any atom is 0.0798 e. The first-order valence-corrected chi connectivity index (χ1v) is 7.95. The predicted molar refractivity (Wildman–Crippen MR) is 80.4 cm³/mol. The van der Waals surface area contributed by atoms with E-state index in [2.05, 4.69) is 54.5 Å². The Labute approximate surface area is 117 Å². The Morgan fingerprint density at radius 2 is 2.11 bits per heavy atom. The smallest absolute Gasteiger partial charge is 0.0798 e. The van der Waals surface area contributed by atoms with Gasteiger partial charge in [0, 0.05) is 28.1 Å². The Morgan fingerprint density at radius 3 is 2.78 bits per heavy atom. The quantitative estimate of drug-likeness (QED) is 0.641. The minimum atomic E-state index is 0.397. The van der Waals surface area contributed by atoms with Crippen LogP contribution in [-0.2, 0) is 0 Å². The van der Waals surface area contributed by atoms with Gasteiger partial charge in [0.05, 0.1) is 11.2 Å². The Bertz CT molecular complexity index is 468. The summed E-state index contributed by atoms with van der Waals surface area (Å²) in [6.45, 7) is 5.29. The summed E-state index contributed by atoms with van der Waals surface area (Å²) in [4.78, 5) is 6.97. The van der Waals surface area contributed by atoms with Crippen molar-refractivity contribution >= 4 is 23.1 Å². The number of nitrogens with one attached hydrogen (secondary N) is 1. The molecular formula is C14H18N2S2. The average molecular weight is 278 g/mol. The molecule has 0 saturated carbocycles. The molecule has 18 heavy (non-hydrogen) atoms. The van der Waals surface area contributed by atoms with Gasteiger partial charge in [0.1, 0.15) is 0 Å². The van der Waals surface area contributed by atoms with Gasteiger partial charge < -0.3 is 5.32 Å². The lowest BCUT2D eigenvalue weighted by Crippen LogP contribution is -2.21. The second-order valence-corrected chi connectivity index (χ2v) is 6.19. The van der Waals surface area contributed by atoms with Crippen LogP contribution in [0.1, 0.15) is 23.5 Å². The van der Waals surface area contributed by atoms with Crippen molar-refractivity contribution in [3.63, 3.8) is 0 Å². The largest absolute Gasteiger partial charge is 0.309 e. The fraction of sp³-hybridized carbons (Fsp3) is 0.357. The molecule has 0 amide bonds. The van der Waals surface area contributed by atoms with E-state index in [1.165, 1.54) is 9.77 Å². The number of aryl methyl sites for hydroxylation is 1.